The molecule has 1 heterocycles. The molecule has 3 nitrogen and oxygen atoms in total. The summed E-state index contributed by atoms with van der Waals surface area (Å²) in [5.41, 5.74) is 1.49. The predicted molar refractivity (Wildman–Crippen MR) is 85.2 cm³/mol. The number of carbonyl (C=O) groups excluding carboxylic acids is 1. The lowest BCUT2D eigenvalue weighted by Crippen LogP contribution is -2.35. The van der Waals surface area contributed by atoms with Crippen LogP contribution in [0.4, 0.5) is 4.39 Å². The van der Waals surface area contributed by atoms with E-state index in [9.17, 15) is 9.18 Å². The van der Waals surface area contributed by atoms with Crippen molar-refractivity contribution in [3.05, 3.63) is 35.1 Å². The molecule has 122 valence electrons. The summed E-state index contributed by atoms with van der Waals surface area (Å²) in [5, 5.41) is 0. The molecule has 1 atom stereocenters. The molecule has 0 aromatic heterocycles. The Bertz CT molecular complexity index is 536. The van der Waals surface area contributed by atoms with Crippen LogP contribution in [0, 0.1) is 5.82 Å². The molecule has 0 saturated heterocycles. The van der Waals surface area contributed by atoms with Gasteiger partial charge in [0, 0.05) is 24.6 Å². The van der Waals surface area contributed by atoms with Crippen LogP contribution in [0.1, 0.15) is 57.7 Å². The van der Waals surface area contributed by atoms with E-state index in [2.05, 4.69) is 4.90 Å². The number of ether oxygens (including phenoxy) is 1. The molecule has 0 aliphatic carbocycles. The van der Waals surface area contributed by atoms with Crippen molar-refractivity contribution in [1.82, 2.24) is 4.90 Å². The number of fused-ring (bicyclic) bond motifs is 1. The van der Waals surface area contributed by atoms with Crippen LogP contribution in [0.15, 0.2) is 18.2 Å². The minimum Gasteiger partial charge on any atom is -0.460 e. The molecular formula is C18H26FNO2. The maximum Gasteiger partial charge on any atom is 0.306 e. The lowest BCUT2D eigenvalue weighted by atomic mass is 9.93. The molecule has 0 bridgehead atoms. The Balaban J connectivity index is 1.88. The van der Waals surface area contributed by atoms with E-state index in [4.69, 9.17) is 4.74 Å². The summed E-state index contributed by atoms with van der Waals surface area (Å²) in [6, 6.07) is 5.37. The summed E-state index contributed by atoms with van der Waals surface area (Å²) < 4.78 is 19.3. The van der Waals surface area contributed by atoms with E-state index in [1.54, 1.807) is 6.07 Å². The summed E-state index contributed by atoms with van der Waals surface area (Å²) in [7, 11) is 0. The quantitative estimate of drug-likeness (QED) is 0.791. The van der Waals surface area contributed by atoms with E-state index in [1.807, 2.05) is 33.8 Å². The maximum absolute atomic E-state index is 14.0. The van der Waals surface area contributed by atoms with Gasteiger partial charge in [-0.3, -0.25) is 9.69 Å². The third-order valence-electron chi connectivity index (χ3n) is 4.02. The van der Waals surface area contributed by atoms with Crippen LogP contribution >= 0.6 is 0 Å². The molecule has 22 heavy (non-hydrogen) atoms. The average Bonchev–Trinajstić information content (AvgIpc) is 2.39. The first-order chi connectivity index (χ1) is 10.3. The van der Waals surface area contributed by atoms with Gasteiger partial charge in [0.15, 0.2) is 0 Å². The van der Waals surface area contributed by atoms with Crippen molar-refractivity contribution >= 4 is 5.97 Å². The molecule has 1 aliphatic rings. The first-order valence-electron chi connectivity index (χ1n) is 8.01. The summed E-state index contributed by atoms with van der Waals surface area (Å²) in [4.78, 5) is 14.0. The maximum atomic E-state index is 14.0. The van der Waals surface area contributed by atoms with Gasteiger partial charge >= 0.3 is 5.97 Å². The second kappa shape index (κ2) is 6.78. The number of benzene rings is 1. The van der Waals surface area contributed by atoms with Crippen molar-refractivity contribution in [2.75, 3.05) is 13.1 Å². The van der Waals surface area contributed by atoms with Gasteiger partial charge in [0.2, 0.25) is 0 Å². The fraction of sp³-hybridized carbons (Fsp3) is 0.611. The molecular weight excluding hydrogens is 281 g/mol. The van der Waals surface area contributed by atoms with E-state index >= 15 is 0 Å². The van der Waals surface area contributed by atoms with Crippen LogP contribution in [-0.2, 0) is 16.0 Å². The lowest BCUT2D eigenvalue weighted by molar-refractivity contribution is -0.155. The second-order valence-corrected chi connectivity index (χ2v) is 6.96. The van der Waals surface area contributed by atoms with Gasteiger partial charge in [-0.2, -0.15) is 0 Å². The molecule has 0 spiro atoms. The van der Waals surface area contributed by atoms with Crippen molar-refractivity contribution in [3.8, 4) is 0 Å². The van der Waals surface area contributed by atoms with Crippen molar-refractivity contribution in [2.45, 2.75) is 58.6 Å². The molecule has 1 aromatic carbocycles. The smallest absolute Gasteiger partial charge is 0.306 e. The highest BCUT2D eigenvalue weighted by Crippen LogP contribution is 2.31. The van der Waals surface area contributed by atoms with Gasteiger partial charge in [0.1, 0.15) is 11.4 Å². The zero-order valence-electron chi connectivity index (χ0n) is 14.0. The third-order valence-corrected chi connectivity index (χ3v) is 4.02. The van der Waals surface area contributed by atoms with Gasteiger partial charge in [0.25, 0.3) is 0 Å². The molecule has 0 fully saturated rings. The Morgan fingerprint density at radius 1 is 1.41 bits per heavy atom. The van der Waals surface area contributed by atoms with E-state index in [1.165, 1.54) is 6.07 Å². The Kier molecular flexibility index (Phi) is 5.22. The molecule has 4 heteroatoms. The highest BCUT2D eigenvalue weighted by molar-refractivity contribution is 5.69. The number of esters is 1. The highest BCUT2D eigenvalue weighted by Gasteiger charge is 2.26. The highest BCUT2D eigenvalue weighted by atomic mass is 19.1. The number of rotatable bonds is 4. The van der Waals surface area contributed by atoms with Crippen LogP contribution in [0.5, 0.6) is 0 Å². The lowest BCUT2D eigenvalue weighted by Gasteiger charge is -2.35. The number of hydrogen-bond donors (Lipinski definition) is 0. The standard InChI is InChI=1S/C18H26FNO2/c1-13-17-14(7-5-8-15(17)19)10-12-20(13)11-6-9-16(21)22-18(2,3)4/h5,7-8,13H,6,9-12H2,1-4H3. The summed E-state index contributed by atoms with van der Waals surface area (Å²) in [5.74, 6) is -0.286. The molecule has 1 aromatic rings. The molecule has 1 aliphatic heterocycles. The molecule has 0 amide bonds. The van der Waals surface area contributed by atoms with Gasteiger partial charge in [-0.1, -0.05) is 12.1 Å². The Morgan fingerprint density at radius 2 is 2.14 bits per heavy atom. The van der Waals surface area contributed by atoms with E-state index in [0.29, 0.717) is 6.42 Å². The van der Waals surface area contributed by atoms with Gasteiger partial charge < -0.3 is 4.74 Å². The Morgan fingerprint density at radius 3 is 2.82 bits per heavy atom. The van der Waals surface area contributed by atoms with Crippen molar-refractivity contribution in [2.24, 2.45) is 0 Å². The topological polar surface area (TPSA) is 29.5 Å². The summed E-state index contributed by atoms with van der Waals surface area (Å²) >= 11 is 0. The minimum absolute atomic E-state index is 0.0589. The second-order valence-electron chi connectivity index (χ2n) is 6.96. The Labute approximate surface area is 132 Å². The minimum atomic E-state index is -0.433. The zero-order valence-corrected chi connectivity index (χ0v) is 14.0. The first-order valence-corrected chi connectivity index (χ1v) is 8.01. The largest absolute Gasteiger partial charge is 0.460 e. The average molecular weight is 307 g/mol. The van der Waals surface area contributed by atoms with Gasteiger partial charge in [-0.15, -0.1) is 0 Å². The van der Waals surface area contributed by atoms with Crippen molar-refractivity contribution < 1.29 is 13.9 Å². The van der Waals surface area contributed by atoms with Crippen LogP contribution in [0.25, 0.3) is 0 Å². The number of hydrogen-bond acceptors (Lipinski definition) is 3. The van der Waals surface area contributed by atoms with Crippen molar-refractivity contribution in [3.63, 3.8) is 0 Å². The SMILES string of the molecule is CC1c2c(F)cccc2CCN1CCCC(=O)OC(C)(C)C. The Hall–Kier alpha value is -1.42. The predicted octanol–water partition coefficient (Wildman–Crippen LogP) is 3.87. The van der Waals surface area contributed by atoms with E-state index < -0.39 is 5.60 Å². The zero-order chi connectivity index (χ0) is 16.3. The fourth-order valence-electron chi connectivity index (χ4n) is 3.03. The number of nitrogens with zero attached hydrogens (tertiary/aromatic N) is 1. The van der Waals surface area contributed by atoms with Crippen LogP contribution in [-0.4, -0.2) is 29.6 Å². The first kappa shape index (κ1) is 16.9. The molecule has 0 saturated carbocycles. The van der Waals surface area contributed by atoms with E-state index in [-0.39, 0.29) is 17.8 Å². The monoisotopic (exact) mass is 307 g/mol. The number of carbonyl (C=O) groups is 1. The molecule has 0 N–H and O–H groups in total. The van der Waals surface area contributed by atoms with Crippen LogP contribution in [0.2, 0.25) is 0 Å². The van der Waals surface area contributed by atoms with Crippen LogP contribution in [0.3, 0.4) is 0 Å². The molecule has 2 rings (SSSR count). The normalized spacial score (nSPS) is 18.9. The molecule has 0 radical (unpaired) electrons. The van der Waals surface area contributed by atoms with Gasteiger partial charge in [-0.05, 0) is 58.7 Å². The van der Waals surface area contributed by atoms with Crippen molar-refractivity contribution in [1.29, 1.82) is 0 Å². The fourth-order valence-corrected chi connectivity index (χ4v) is 3.03. The van der Waals surface area contributed by atoms with Gasteiger partial charge in [-0.25, -0.2) is 4.39 Å². The third kappa shape index (κ3) is 4.29. The summed E-state index contributed by atoms with van der Waals surface area (Å²) in [6.45, 7) is 9.35. The van der Waals surface area contributed by atoms with Crippen LogP contribution < -0.4 is 0 Å². The summed E-state index contributed by atoms with van der Waals surface area (Å²) in [6.07, 6.45) is 2.01. The molecule has 1 unspecified atom stereocenters. The van der Waals surface area contributed by atoms with Gasteiger partial charge in [0.05, 0.1) is 0 Å². The van der Waals surface area contributed by atoms with E-state index in [0.717, 1.165) is 37.1 Å². The number of halogens is 1.